The first-order valence-corrected chi connectivity index (χ1v) is 9.50. The van der Waals surface area contributed by atoms with Crippen LogP contribution in [0.4, 0.5) is 5.69 Å². The van der Waals surface area contributed by atoms with Crippen molar-refractivity contribution >= 4 is 34.1 Å². The lowest BCUT2D eigenvalue weighted by Crippen LogP contribution is -2.14. The number of para-hydroxylation sites is 1. The molecule has 0 aliphatic carbocycles. The topological polar surface area (TPSA) is 64.0 Å². The summed E-state index contributed by atoms with van der Waals surface area (Å²) < 4.78 is 1.78. The molecule has 0 atom stereocenters. The van der Waals surface area contributed by atoms with Gasteiger partial charge in [-0.15, -0.1) is 0 Å². The Labute approximate surface area is 172 Å². The average molecular weight is 404 g/mol. The Morgan fingerprint density at radius 1 is 1.07 bits per heavy atom. The summed E-state index contributed by atoms with van der Waals surface area (Å²) in [7, 11) is 0. The third-order valence-electron chi connectivity index (χ3n) is 4.73. The molecular formula is C23H18ClN3O2. The van der Waals surface area contributed by atoms with E-state index in [-0.39, 0.29) is 11.3 Å². The maximum absolute atomic E-state index is 12.5. The van der Waals surface area contributed by atoms with Gasteiger partial charge in [0.2, 0.25) is 5.43 Å². The van der Waals surface area contributed by atoms with Gasteiger partial charge in [-0.05, 0) is 60.5 Å². The summed E-state index contributed by atoms with van der Waals surface area (Å²) >= 11 is 6.03. The summed E-state index contributed by atoms with van der Waals surface area (Å²) in [5.74, 6) is -0.190. The molecule has 1 heterocycles. The van der Waals surface area contributed by atoms with Crippen LogP contribution in [0.15, 0.2) is 77.7 Å². The van der Waals surface area contributed by atoms with Crippen LogP contribution in [0.5, 0.6) is 0 Å². The Balaban J connectivity index is 1.52. The number of anilines is 1. The number of hydrogen-bond donors (Lipinski definition) is 1. The Bertz CT molecular complexity index is 1260. The molecule has 144 valence electrons. The average Bonchev–Trinajstić information content (AvgIpc) is 2.73. The molecule has 0 radical (unpaired) electrons. The molecule has 1 aromatic heterocycles. The minimum Gasteiger partial charge on any atom is -0.322 e. The highest BCUT2D eigenvalue weighted by Crippen LogP contribution is 2.20. The number of benzene rings is 3. The number of aromatic nitrogens is 2. The minimum atomic E-state index is -0.190. The van der Waals surface area contributed by atoms with E-state index in [1.807, 2.05) is 43.3 Å². The number of nitrogens with one attached hydrogen (secondary N) is 1. The fourth-order valence-electron chi connectivity index (χ4n) is 3.15. The number of aryl methyl sites for hydroxylation is 1. The minimum absolute atomic E-state index is 0.0960. The fourth-order valence-corrected chi connectivity index (χ4v) is 3.26. The summed E-state index contributed by atoms with van der Waals surface area (Å²) in [6, 6.07) is 20.1. The Morgan fingerprint density at radius 3 is 2.59 bits per heavy atom. The lowest BCUT2D eigenvalue weighted by atomic mass is 10.1. The molecule has 1 amide bonds. The summed E-state index contributed by atoms with van der Waals surface area (Å²) in [5, 5.41) is 8.42. The lowest BCUT2D eigenvalue weighted by molar-refractivity contribution is 0.102. The van der Waals surface area contributed by atoms with Crippen molar-refractivity contribution in [2.45, 2.75) is 13.5 Å². The third kappa shape index (κ3) is 4.05. The molecule has 0 aliphatic rings. The van der Waals surface area contributed by atoms with E-state index in [1.54, 1.807) is 35.0 Å². The summed E-state index contributed by atoms with van der Waals surface area (Å²) in [4.78, 5) is 24.5. The van der Waals surface area contributed by atoms with Crippen LogP contribution in [0, 0.1) is 6.92 Å². The summed E-state index contributed by atoms with van der Waals surface area (Å²) in [5.41, 5.74) is 3.82. The molecule has 1 N–H and O–H groups in total. The molecule has 4 aromatic rings. The van der Waals surface area contributed by atoms with Crippen molar-refractivity contribution in [3.8, 4) is 0 Å². The lowest BCUT2D eigenvalue weighted by Gasteiger charge is -2.10. The zero-order valence-electron chi connectivity index (χ0n) is 15.7. The number of amides is 1. The van der Waals surface area contributed by atoms with Crippen molar-refractivity contribution in [3.63, 3.8) is 0 Å². The van der Waals surface area contributed by atoms with Crippen LogP contribution < -0.4 is 10.7 Å². The fraction of sp³-hybridized carbons (Fsp3) is 0.0870. The van der Waals surface area contributed by atoms with Crippen molar-refractivity contribution in [3.05, 3.63) is 105 Å². The summed E-state index contributed by atoms with van der Waals surface area (Å²) in [6.45, 7) is 2.39. The first-order valence-electron chi connectivity index (χ1n) is 9.12. The predicted molar refractivity (Wildman–Crippen MR) is 116 cm³/mol. The van der Waals surface area contributed by atoms with Crippen molar-refractivity contribution in [2.24, 2.45) is 0 Å². The van der Waals surface area contributed by atoms with Gasteiger partial charge in [-0.25, -0.2) is 0 Å². The number of rotatable bonds is 4. The third-order valence-corrected chi connectivity index (χ3v) is 5.15. The van der Waals surface area contributed by atoms with Crippen LogP contribution in [0.1, 0.15) is 21.5 Å². The van der Waals surface area contributed by atoms with Gasteiger partial charge >= 0.3 is 0 Å². The monoisotopic (exact) mass is 403 g/mol. The second-order valence-electron chi connectivity index (χ2n) is 6.80. The number of fused-ring (bicyclic) bond motifs is 1. The molecule has 0 aliphatic heterocycles. The van der Waals surface area contributed by atoms with E-state index in [9.17, 15) is 9.59 Å². The molecule has 0 saturated heterocycles. The van der Waals surface area contributed by atoms with Gasteiger partial charge in [0.05, 0.1) is 18.3 Å². The maximum atomic E-state index is 12.5. The highest BCUT2D eigenvalue weighted by Gasteiger charge is 2.08. The van der Waals surface area contributed by atoms with E-state index in [2.05, 4.69) is 10.4 Å². The van der Waals surface area contributed by atoms with E-state index in [0.717, 1.165) is 16.6 Å². The second kappa shape index (κ2) is 7.89. The SMILES string of the molecule is Cc1cc(NC(=O)c2ccc(Cn3ncc(=O)c4ccccc43)cc2)ccc1Cl. The van der Waals surface area contributed by atoms with E-state index in [4.69, 9.17) is 11.6 Å². The van der Waals surface area contributed by atoms with Gasteiger partial charge in [-0.2, -0.15) is 5.10 Å². The smallest absolute Gasteiger partial charge is 0.255 e. The molecule has 6 heteroatoms. The molecule has 0 spiro atoms. The van der Waals surface area contributed by atoms with Crippen molar-refractivity contribution in [1.29, 1.82) is 0 Å². The van der Waals surface area contributed by atoms with Gasteiger partial charge in [0.1, 0.15) is 0 Å². The zero-order valence-corrected chi connectivity index (χ0v) is 16.5. The van der Waals surface area contributed by atoms with Gasteiger partial charge in [0.15, 0.2) is 0 Å². The molecule has 0 saturated carbocycles. The Hall–Kier alpha value is -3.44. The van der Waals surface area contributed by atoms with Crippen LogP contribution in [0.2, 0.25) is 5.02 Å². The molecule has 29 heavy (non-hydrogen) atoms. The molecule has 0 bridgehead atoms. The number of halogens is 1. The zero-order chi connectivity index (χ0) is 20.4. The van der Waals surface area contributed by atoms with Crippen LogP contribution >= 0.6 is 11.6 Å². The summed E-state index contributed by atoms with van der Waals surface area (Å²) in [6.07, 6.45) is 1.33. The van der Waals surface area contributed by atoms with Gasteiger partial charge < -0.3 is 5.32 Å². The van der Waals surface area contributed by atoms with Crippen LogP contribution in [-0.2, 0) is 6.54 Å². The molecule has 5 nitrogen and oxygen atoms in total. The quantitative estimate of drug-likeness (QED) is 0.539. The van der Waals surface area contributed by atoms with Crippen LogP contribution in [-0.4, -0.2) is 15.7 Å². The first kappa shape index (κ1) is 18.9. The highest BCUT2D eigenvalue weighted by atomic mass is 35.5. The van der Waals surface area contributed by atoms with Crippen LogP contribution in [0.25, 0.3) is 10.9 Å². The normalized spacial score (nSPS) is 10.8. The molecule has 0 unspecified atom stereocenters. The largest absolute Gasteiger partial charge is 0.322 e. The van der Waals surface area contributed by atoms with Crippen molar-refractivity contribution < 1.29 is 4.79 Å². The van der Waals surface area contributed by atoms with Crippen LogP contribution in [0.3, 0.4) is 0 Å². The number of carbonyl (C=O) groups excluding carboxylic acids is 1. The van der Waals surface area contributed by atoms with Gasteiger partial charge in [-0.1, -0.05) is 35.9 Å². The number of hydrogen-bond acceptors (Lipinski definition) is 3. The van der Waals surface area contributed by atoms with E-state index in [0.29, 0.717) is 28.2 Å². The Kier molecular flexibility index (Phi) is 5.14. The van der Waals surface area contributed by atoms with E-state index >= 15 is 0 Å². The molecule has 4 rings (SSSR count). The van der Waals surface area contributed by atoms with Crippen molar-refractivity contribution in [1.82, 2.24) is 9.78 Å². The molecule has 3 aromatic carbocycles. The van der Waals surface area contributed by atoms with E-state index < -0.39 is 0 Å². The van der Waals surface area contributed by atoms with Gasteiger partial charge in [0.25, 0.3) is 5.91 Å². The van der Waals surface area contributed by atoms with Gasteiger partial charge in [-0.3, -0.25) is 14.3 Å². The predicted octanol–water partition coefficient (Wildman–Crippen LogP) is 4.66. The highest BCUT2D eigenvalue weighted by molar-refractivity contribution is 6.31. The van der Waals surface area contributed by atoms with Gasteiger partial charge in [0, 0.05) is 21.7 Å². The standard InChI is InChI=1S/C23H18ClN3O2/c1-15-12-18(10-11-20(15)24)26-23(29)17-8-6-16(7-9-17)14-27-21-5-3-2-4-19(21)22(28)13-25-27/h2-13H,14H2,1H3,(H,26,29). The maximum Gasteiger partial charge on any atom is 0.255 e. The first-order chi connectivity index (χ1) is 14.0. The van der Waals surface area contributed by atoms with E-state index in [1.165, 1.54) is 6.20 Å². The molecular weight excluding hydrogens is 386 g/mol. The molecule has 0 fully saturated rings. The Morgan fingerprint density at radius 2 is 1.83 bits per heavy atom. The van der Waals surface area contributed by atoms with Crippen molar-refractivity contribution in [2.75, 3.05) is 5.32 Å². The number of nitrogens with zero attached hydrogens (tertiary/aromatic N) is 2. The number of carbonyl (C=O) groups is 1. The second-order valence-corrected chi connectivity index (χ2v) is 7.21.